The zero-order valence-electron chi connectivity index (χ0n) is 10.2. The van der Waals surface area contributed by atoms with Crippen molar-refractivity contribution in [3.8, 4) is 0 Å². The van der Waals surface area contributed by atoms with Crippen LogP contribution in [0.1, 0.15) is 20.3 Å². The second-order valence-electron chi connectivity index (χ2n) is 5.21. The maximum absolute atomic E-state index is 12.0. The summed E-state index contributed by atoms with van der Waals surface area (Å²) in [5.74, 6) is 0. The third kappa shape index (κ3) is 2.10. The van der Waals surface area contributed by atoms with E-state index in [0.29, 0.717) is 6.42 Å². The fourth-order valence-electron chi connectivity index (χ4n) is 1.93. The van der Waals surface area contributed by atoms with Gasteiger partial charge in [-0.15, -0.1) is 0 Å². The van der Waals surface area contributed by atoms with Crippen LogP contribution in [0.2, 0.25) is 0 Å². The van der Waals surface area contributed by atoms with Crippen molar-refractivity contribution in [3.05, 3.63) is 12.5 Å². The molecule has 0 spiro atoms. The molecule has 0 bridgehead atoms. The zero-order valence-corrected chi connectivity index (χ0v) is 11.0. The van der Waals surface area contributed by atoms with Crippen molar-refractivity contribution < 1.29 is 8.42 Å². The van der Waals surface area contributed by atoms with Crippen LogP contribution >= 0.6 is 0 Å². The molecule has 0 amide bonds. The van der Waals surface area contributed by atoms with E-state index >= 15 is 0 Å². The number of sulfonamides is 1. The second kappa shape index (κ2) is 3.79. The molecule has 17 heavy (non-hydrogen) atoms. The molecule has 0 aromatic carbocycles. The summed E-state index contributed by atoms with van der Waals surface area (Å²) in [5, 5.41) is 0.0521. The number of hydrogen-bond donors (Lipinski definition) is 2. The van der Waals surface area contributed by atoms with Crippen molar-refractivity contribution in [3.63, 3.8) is 0 Å². The van der Waals surface area contributed by atoms with Gasteiger partial charge in [0.15, 0.2) is 5.03 Å². The van der Waals surface area contributed by atoms with E-state index in [0.717, 1.165) is 0 Å². The number of nitrogens with one attached hydrogen (secondary N) is 1. The van der Waals surface area contributed by atoms with Gasteiger partial charge in [-0.25, -0.2) is 18.1 Å². The first-order valence-electron chi connectivity index (χ1n) is 5.49. The molecule has 2 unspecified atom stereocenters. The van der Waals surface area contributed by atoms with E-state index in [1.165, 1.54) is 12.5 Å². The number of imidazole rings is 1. The summed E-state index contributed by atoms with van der Waals surface area (Å²) in [6, 6.07) is -0.0801. The molecule has 0 radical (unpaired) electrons. The Morgan fingerprint density at radius 1 is 1.59 bits per heavy atom. The maximum atomic E-state index is 12.0. The van der Waals surface area contributed by atoms with Gasteiger partial charge in [0.25, 0.3) is 10.0 Å². The second-order valence-corrected chi connectivity index (χ2v) is 6.88. The number of rotatable bonds is 3. The molecule has 1 saturated carbocycles. The van der Waals surface area contributed by atoms with Crippen molar-refractivity contribution in [2.45, 2.75) is 37.4 Å². The minimum Gasteiger partial charge on any atom is -0.339 e. The van der Waals surface area contributed by atoms with Crippen LogP contribution in [-0.2, 0) is 17.1 Å². The number of aryl methyl sites for hydroxylation is 1. The summed E-state index contributed by atoms with van der Waals surface area (Å²) in [6.07, 6.45) is 3.61. The molecule has 0 saturated heterocycles. The Kier molecular flexibility index (Phi) is 2.80. The molecule has 2 atom stereocenters. The van der Waals surface area contributed by atoms with Crippen molar-refractivity contribution >= 4 is 10.0 Å². The van der Waals surface area contributed by atoms with Gasteiger partial charge in [-0.3, -0.25) is 0 Å². The summed E-state index contributed by atoms with van der Waals surface area (Å²) in [7, 11) is -1.80. The number of hydrogen-bond acceptors (Lipinski definition) is 4. The van der Waals surface area contributed by atoms with Gasteiger partial charge in [0.2, 0.25) is 0 Å². The van der Waals surface area contributed by atoms with E-state index in [-0.39, 0.29) is 22.5 Å². The van der Waals surface area contributed by atoms with E-state index < -0.39 is 10.0 Å². The lowest BCUT2D eigenvalue weighted by atomic mass is 9.64. The largest absolute Gasteiger partial charge is 0.339 e. The first-order chi connectivity index (χ1) is 7.73. The zero-order chi connectivity index (χ0) is 12.8. The van der Waals surface area contributed by atoms with Crippen LogP contribution in [0.25, 0.3) is 0 Å². The fraction of sp³-hybridized carbons (Fsp3) is 0.700. The molecule has 1 fully saturated rings. The van der Waals surface area contributed by atoms with Crippen LogP contribution in [0.3, 0.4) is 0 Å². The average Bonchev–Trinajstić information content (AvgIpc) is 2.65. The quantitative estimate of drug-likeness (QED) is 0.787. The van der Waals surface area contributed by atoms with Crippen LogP contribution in [0.5, 0.6) is 0 Å². The van der Waals surface area contributed by atoms with Gasteiger partial charge >= 0.3 is 0 Å². The molecule has 1 aliphatic rings. The van der Waals surface area contributed by atoms with Crippen molar-refractivity contribution in [1.82, 2.24) is 14.3 Å². The fourth-order valence-corrected chi connectivity index (χ4v) is 3.32. The Bertz CT molecular complexity index is 520. The van der Waals surface area contributed by atoms with Crippen molar-refractivity contribution in [2.24, 2.45) is 18.2 Å². The third-order valence-electron chi connectivity index (χ3n) is 3.60. The van der Waals surface area contributed by atoms with E-state index in [1.807, 2.05) is 13.8 Å². The summed E-state index contributed by atoms with van der Waals surface area (Å²) in [4.78, 5) is 3.85. The molecule has 1 aromatic rings. The molecule has 96 valence electrons. The summed E-state index contributed by atoms with van der Waals surface area (Å²) >= 11 is 0. The highest BCUT2D eigenvalue weighted by atomic mass is 32.2. The molecule has 0 aliphatic heterocycles. The maximum Gasteiger partial charge on any atom is 0.259 e. The van der Waals surface area contributed by atoms with Crippen LogP contribution in [-0.4, -0.2) is 30.1 Å². The van der Waals surface area contributed by atoms with Crippen molar-refractivity contribution in [1.29, 1.82) is 0 Å². The topological polar surface area (TPSA) is 90.0 Å². The highest BCUT2D eigenvalue weighted by Crippen LogP contribution is 2.39. The number of aromatic nitrogens is 2. The lowest BCUT2D eigenvalue weighted by Gasteiger charge is -2.50. The summed E-state index contributed by atoms with van der Waals surface area (Å²) in [6.45, 7) is 3.93. The Morgan fingerprint density at radius 3 is 2.65 bits per heavy atom. The van der Waals surface area contributed by atoms with E-state index in [1.54, 1.807) is 11.6 Å². The monoisotopic (exact) mass is 258 g/mol. The van der Waals surface area contributed by atoms with Gasteiger partial charge in [0.1, 0.15) is 0 Å². The van der Waals surface area contributed by atoms with Gasteiger partial charge in [-0.1, -0.05) is 13.8 Å². The smallest absolute Gasteiger partial charge is 0.259 e. The molecule has 1 aromatic heterocycles. The molecule has 2 rings (SSSR count). The predicted octanol–water partition coefficient (Wildman–Crippen LogP) is -0.176. The molecule has 3 N–H and O–H groups in total. The first-order valence-corrected chi connectivity index (χ1v) is 6.97. The van der Waals surface area contributed by atoms with Gasteiger partial charge in [-0.2, -0.15) is 0 Å². The Balaban J connectivity index is 2.15. The Labute approximate surface area is 101 Å². The van der Waals surface area contributed by atoms with E-state index in [9.17, 15) is 8.42 Å². The highest BCUT2D eigenvalue weighted by molar-refractivity contribution is 7.89. The minimum absolute atomic E-state index is 0.0407. The molecule has 1 heterocycles. The molecular weight excluding hydrogens is 240 g/mol. The minimum atomic E-state index is -3.53. The SMILES string of the molecule is Cn1cnc(S(=O)(=O)NC2CC(N)C2(C)C)c1. The lowest BCUT2D eigenvalue weighted by molar-refractivity contribution is 0.0903. The van der Waals surface area contributed by atoms with Gasteiger partial charge < -0.3 is 10.3 Å². The standard InChI is InChI=1S/C10H18N4O2S/c1-10(2)7(11)4-8(10)13-17(15,16)9-5-14(3)6-12-9/h5-8,13H,4,11H2,1-3H3. The van der Waals surface area contributed by atoms with Gasteiger partial charge in [0.05, 0.1) is 6.33 Å². The van der Waals surface area contributed by atoms with Crippen LogP contribution in [0.15, 0.2) is 17.6 Å². The number of nitrogens with zero attached hydrogens (tertiary/aromatic N) is 2. The van der Waals surface area contributed by atoms with E-state index in [2.05, 4.69) is 9.71 Å². The highest BCUT2D eigenvalue weighted by Gasteiger charge is 2.47. The Morgan fingerprint density at radius 2 is 2.24 bits per heavy atom. The summed E-state index contributed by atoms with van der Waals surface area (Å²) < 4.78 is 28.3. The van der Waals surface area contributed by atoms with Crippen molar-refractivity contribution in [2.75, 3.05) is 0 Å². The van der Waals surface area contributed by atoms with Crippen LogP contribution in [0, 0.1) is 5.41 Å². The molecule has 6 nitrogen and oxygen atoms in total. The van der Waals surface area contributed by atoms with Crippen LogP contribution < -0.4 is 10.5 Å². The average molecular weight is 258 g/mol. The van der Waals surface area contributed by atoms with Gasteiger partial charge in [-0.05, 0) is 11.8 Å². The van der Waals surface area contributed by atoms with Gasteiger partial charge in [0, 0.05) is 25.3 Å². The number of nitrogens with two attached hydrogens (primary N) is 1. The Hall–Kier alpha value is -0.920. The predicted molar refractivity (Wildman–Crippen MR) is 63.7 cm³/mol. The van der Waals surface area contributed by atoms with Crippen LogP contribution in [0.4, 0.5) is 0 Å². The molecule has 7 heteroatoms. The normalized spacial score (nSPS) is 27.8. The summed E-state index contributed by atoms with van der Waals surface area (Å²) in [5.41, 5.74) is 5.65. The third-order valence-corrected chi connectivity index (χ3v) is 4.95. The lowest BCUT2D eigenvalue weighted by Crippen LogP contribution is -2.64. The first kappa shape index (κ1) is 12.5. The molecule has 1 aliphatic carbocycles. The van der Waals surface area contributed by atoms with E-state index in [4.69, 9.17) is 5.73 Å². The molecular formula is C10H18N4O2S.